The first kappa shape index (κ1) is 22.7. The Morgan fingerprint density at radius 1 is 1.13 bits per heavy atom. The zero-order valence-electron chi connectivity index (χ0n) is 18.7. The molecule has 1 unspecified atom stereocenters. The Hall–Kier alpha value is -2.93. The van der Waals surface area contributed by atoms with Gasteiger partial charge in [0.05, 0.1) is 14.2 Å². The van der Waals surface area contributed by atoms with E-state index in [2.05, 4.69) is 34.6 Å². The summed E-state index contributed by atoms with van der Waals surface area (Å²) in [5.41, 5.74) is 2.27. The molecule has 2 aromatic carbocycles. The number of aromatic hydroxyl groups is 1. The number of rotatable bonds is 9. The maximum Gasteiger partial charge on any atom is 0.191 e. The van der Waals surface area contributed by atoms with Crippen LogP contribution in [0.4, 0.5) is 0 Å². The third-order valence-electron chi connectivity index (χ3n) is 5.36. The summed E-state index contributed by atoms with van der Waals surface area (Å²) in [4.78, 5) is 7.15. The van der Waals surface area contributed by atoms with Gasteiger partial charge >= 0.3 is 0 Å². The summed E-state index contributed by atoms with van der Waals surface area (Å²) in [5.74, 6) is 2.77. The van der Waals surface area contributed by atoms with Crippen molar-refractivity contribution in [3.8, 4) is 17.2 Å². The van der Waals surface area contributed by atoms with Crippen molar-refractivity contribution in [1.82, 2.24) is 15.5 Å². The Morgan fingerprint density at radius 2 is 1.90 bits per heavy atom. The van der Waals surface area contributed by atoms with Crippen molar-refractivity contribution in [2.24, 2.45) is 4.99 Å². The predicted octanol–water partition coefficient (Wildman–Crippen LogP) is 2.78. The molecule has 0 saturated carbocycles. The molecule has 1 heterocycles. The largest absolute Gasteiger partial charge is 0.508 e. The first-order chi connectivity index (χ1) is 15.1. The van der Waals surface area contributed by atoms with Crippen LogP contribution in [-0.4, -0.2) is 62.4 Å². The number of aliphatic imine (C=N–C) groups is 1. The fourth-order valence-corrected chi connectivity index (χ4v) is 3.83. The second kappa shape index (κ2) is 11.5. The molecule has 0 aromatic heterocycles. The van der Waals surface area contributed by atoms with E-state index in [-0.39, 0.29) is 0 Å². The van der Waals surface area contributed by atoms with Crippen molar-refractivity contribution < 1.29 is 14.6 Å². The summed E-state index contributed by atoms with van der Waals surface area (Å²) in [6.07, 6.45) is 1.86. The minimum atomic E-state index is 0.297. The van der Waals surface area contributed by atoms with Crippen molar-refractivity contribution in [3.63, 3.8) is 0 Å². The maximum absolute atomic E-state index is 9.61. The Kier molecular flexibility index (Phi) is 8.41. The van der Waals surface area contributed by atoms with Crippen molar-refractivity contribution in [1.29, 1.82) is 0 Å². The minimum Gasteiger partial charge on any atom is -0.508 e. The van der Waals surface area contributed by atoms with Crippen LogP contribution in [0, 0.1) is 0 Å². The molecule has 1 aliphatic rings. The highest BCUT2D eigenvalue weighted by Gasteiger charge is 2.23. The number of benzene rings is 2. The van der Waals surface area contributed by atoms with Crippen LogP contribution in [0.2, 0.25) is 0 Å². The SMILES string of the molecule is CCNC(=NCCc1cccc(O)c1)NC1CCN(Cc2cc(OC)cc(OC)c2)C1. The molecule has 1 atom stereocenters. The second-order valence-electron chi connectivity index (χ2n) is 7.77. The molecule has 3 rings (SSSR count). The van der Waals surface area contributed by atoms with E-state index < -0.39 is 0 Å². The normalized spacial score (nSPS) is 16.9. The highest BCUT2D eigenvalue weighted by atomic mass is 16.5. The van der Waals surface area contributed by atoms with Crippen LogP contribution >= 0.6 is 0 Å². The lowest BCUT2D eigenvalue weighted by Crippen LogP contribution is -2.44. The highest BCUT2D eigenvalue weighted by molar-refractivity contribution is 5.80. The van der Waals surface area contributed by atoms with Gasteiger partial charge in [-0.05, 0) is 55.2 Å². The number of ether oxygens (including phenoxy) is 2. The molecule has 168 valence electrons. The van der Waals surface area contributed by atoms with Gasteiger partial charge < -0.3 is 25.2 Å². The summed E-state index contributed by atoms with van der Waals surface area (Å²) in [7, 11) is 3.35. The molecule has 7 nitrogen and oxygen atoms in total. The minimum absolute atomic E-state index is 0.297. The van der Waals surface area contributed by atoms with Crippen molar-refractivity contribution in [3.05, 3.63) is 53.6 Å². The fraction of sp³-hybridized carbons (Fsp3) is 0.458. The van der Waals surface area contributed by atoms with Gasteiger partial charge in [-0.15, -0.1) is 0 Å². The second-order valence-corrected chi connectivity index (χ2v) is 7.77. The van der Waals surface area contributed by atoms with E-state index in [9.17, 15) is 5.11 Å². The number of likely N-dealkylation sites (tertiary alicyclic amines) is 1. The third kappa shape index (κ3) is 7.07. The van der Waals surface area contributed by atoms with E-state index in [1.54, 1.807) is 26.4 Å². The van der Waals surface area contributed by atoms with E-state index >= 15 is 0 Å². The lowest BCUT2D eigenvalue weighted by Gasteiger charge is -2.19. The monoisotopic (exact) mass is 426 g/mol. The molecule has 2 aromatic rings. The molecule has 0 spiro atoms. The topological polar surface area (TPSA) is 78.4 Å². The van der Waals surface area contributed by atoms with Gasteiger partial charge in [-0.2, -0.15) is 0 Å². The van der Waals surface area contributed by atoms with Gasteiger partial charge in [-0.25, -0.2) is 0 Å². The van der Waals surface area contributed by atoms with Crippen LogP contribution in [0.15, 0.2) is 47.5 Å². The summed E-state index contributed by atoms with van der Waals surface area (Å²) >= 11 is 0. The molecular formula is C24H34N4O3. The van der Waals surface area contributed by atoms with Crippen LogP contribution in [-0.2, 0) is 13.0 Å². The van der Waals surface area contributed by atoms with Crippen molar-refractivity contribution in [2.75, 3.05) is 40.4 Å². The molecular weight excluding hydrogens is 392 g/mol. The van der Waals surface area contributed by atoms with Crippen molar-refractivity contribution in [2.45, 2.75) is 32.4 Å². The van der Waals surface area contributed by atoms with Crippen molar-refractivity contribution >= 4 is 5.96 Å². The Bertz CT molecular complexity index is 849. The lowest BCUT2D eigenvalue weighted by atomic mass is 10.1. The molecule has 0 amide bonds. The number of phenols is 1. The zero-order chi connectivity index (χ0) is 22.1. The molecule has 0 bridgehead atoms. The van der Waals surface area contributed by atoms with Crippen LogP contribution in [0.1, 0.15) is 24.5 Å². The molecule has 7 heteroatoms. The first-order valence-electron chi connectivity index (χ1n) is 10.9. The molecule has 1 saturated heterocycles. The molecule has 0 radical (unpaired) electrons. The number of hydrogen-bond acceptors (Lipinski definition) is 5. The Balaban J connectivity index is 1.53. The fourth-order valence-electron chi connectivity index (χ4n) is 3.83. The summed E-state index contributed by atoms with van der Waals surface area (Å²) in [5, 5.41) is 16.5. The van der Waals surface area contributed by atoms with Gasteiger partial charge in [0.1, 0.15) is 17.2 Å². The summed E-state index contributed by atoms with van der Waals surface area (Å²) < 4.78 is 10.8. The van der Waals surface area contributed by atoms with Gasteiger partial charge in [0.2, 0.25) is 0 Å². The smallest absolute Gasteiger partial charge is 0.191 e. The van der Waals surface area contributed by atoms with Crippen LogP contribution in [0.5, 0.6) is 17.2 Å². The van der Waals surface area contributed by atoms with Crippen LogP contribution < -0.4 is 20.1 Å². The molecule has 31 heavy (non-hydrogen) atoms. The lowest BCUT2D eigenvalue weighted by molar-refractivity contribution is 0.321. The van der Waals surface area contributed by atoms with Gasteiger partial charge in [-0.1, -0.05) is 12.1 Å². The number of guanidine groups is 1. The Labute approximate surface area is 185 Å². The number of phenolic OH excluding ortho intramolecular Hbond substituents is 1. The van der Waals surface area contributed by atoms with E-state index in [0.717, 1.165) is 62.0 Å². The average molecular weight is 427 g/mol. The van der Waals surface area contributed by atoms with E-state index in [0.29, 0.717) is 18.3 Å². The van der Waals surface area contributed by atoms with Gasteiger partial charge in [0.25, 0.3) is 0 Å². The summed E-state index contributed by atoms with van der Waals surface area (Å²) in [6, 6.07) is 13.7. The quantitative estimate of drug-likeness (QED) is 0.423. The average Bonchev–Trinajstić information content (AvgIpc) is 3.20. The number of hydrogen-bond donors (Lipinski definition) is 3. The molecule has 3 N–H and O–H groups in total. The number of methoxy groups -OCH3 is 2. The molecule has 1 aliphatic heterocycles. The Morgan fingerprint density at radius 3 is 2.58 bits per heavy atom. The van der Waals surface area contributed by atoms with Crippen LogP contribution in [0.25, 0.3) is 0 Å². The third-order valence-corrected chi connectivity index (χ3v) is 5.36. The molecule has 1 fully saturated rings. The van der Waals surface area contributed by atoms with E-state index in [4.69, 9.17) is 14.5 Å². The summed E-state index contributed by atoms with van der Waals surface area (Å²) in [6.45, 7) is 6.40. The predicted molar refractivity (Wildman–Crippen MR) is 124 cm³/mol. The molecule has 0 aliphatic carbocycles. The first-order valence-corrected chi connectivity index (χ1v) is 10.9. The van der Waals surface area contributed by atoms with Crippen LogP contribution in [0.3, 0.4) is 0 Å². The standard InChI is InChI=1S/C24H34N4O3/c1-4-25-24(26-10-8-18-6-5-7-21(29)12-18)27-20-9-11-28(17-20)16-19-13-22(30-2)15-23(14-19)31-3/h5-7,12-15,20,29H,4,8-11,16-17H2,1-3H3,(H2,25,26,27). The number of nitrogens with one attached hydrogen (secondary N) is 2. The number of nitrogens with zero attached hydrogens (tertiary/aromatic N) is 2. The van der Waals surface area contributed by atoms with Gasteiger partial charge in [0, 0.05) is 44.8 Å². The van der Waals surface area contributed by atoms with Gasteiger partial charge in [-0.3, -0.25) is 9.89 Å². The van der Waals surface area contributed by atoms with Gasteiger partial charge in [0.15, 0.2) is 5.96 Å². The van der Waals surface area contributed by atoms with E-state index in [1.165, 1.54) is 5.56 Å². The maximum atomic E-state index is 9.61. The zero-order valence-corrected chi connectivity index (χ0v) is 18.7. The highest BCUT2D eigenvalue weighted by Crippen LogP contribution is 2.24. The van der Waals surface area contributed by atoms with E-state index in [1.807, 2.05) is 18.2 Å².